The van der Waals surface area contributed by atoms with Gasteiger partial charge in [0.25, 0.3) is 0 Å². The van der Waals surface area contributed by atoms with E-state index in [0.29, 0.717) is 23.6 Å². The first-order valence-corrected chi connectivity index (χ1v) is 10.5. The van der Waals surface area contributed by atoms with Gasteiger partial charge in [0.15, 0.2) is 11.6 Å². The molecular formula is C24H28FN5O4. The zero-order chi connectivity index (χ0) is 24.7. The van der Waals surface area contributed by atoms with Crippen molar-refractivity contribution in [2.24, 2.45) is 0 Å². The highest BCUT2D eigenvalue weighted by Gasteiger charge is 2.15. The largest absolute Gasteiger partial charge is 0.497 e. The van der Waals surface area contributed by atoms with Crippen LogP contribution in [0.3, 0.4) is 0 Å². The second-order valence-corrected chi connectivity index (χ2v) is 8.30. The number of rotatable bonds is 7. The van der Waals surface area contributed by atoms with Crippen molar-refractivity contribution in [3.8, 4) is 11.5 Å². The summed E-state index contributed by atoms with van der Waals surface area (Å²) < 4.78 is 30.0. The van der Waals surface area contributed by atoms with Crippen molar-refractivity contribution in [1.82, 2.24) is 15.3 Å². The van der Waals surface area contributed by atoms with Crippen LogP contribution < -0.4 is 25.4 Å². The van der Waals surface area contributed by atoms with Crippen molar-refractivity contribution in [2.75, 3.05) is 24.9 Å². The molecule has 0 saturated heterocycles. The number of methoxy groups -OCH3 is 2. The predicted octanol–water partition coefficient (Wildman–Crippen LogP) is 5.04. The standard InChI is InChI=1S/C24H28FN5O4/c1-24(2,3)34-23(31)27-13-15-6-8-16(9-7-15)29-22-26-14-20(25)21(30-22)28-17-10-18(32-4)12-19(11-17)33-5/h6,8-14H,7H2,1-5H3,(H,27,31)(H2,26,28,29,30). The van der Waals surface area contributed by atoms with E-state index >= 15 is 0 Å². The second kappa shape index (κ2) is 10.7. The number of benzene rings is 1. The Bertz CT molecular complexity index is 1120. The van der Waals surface area contributed by atoms with Gasteiger partial charge in [-0.1, -0.05) is 12.2 Å². The van der Waals surface area contributed by atoms with Gasteiger partial charge in [0.1, 0.15) is 17.1 Å². The topological polar surface area (TPSA) is 107 Å². The summed E-state index contributed by atoms with van der Waals surface area (Å²) in [7, 11) is 3.07. The van der Waals surface area contributed by atoms with Crippen LogP contribution in [0.1, 0.15) is 27.2 Å². The van der Waals surface area contributed by atoms with Crippen LogP contribution in [0.5, 0.6) is 11.5 Å². The Balaban J connectivity index is 1.64. The smallest absolute Gasteiger partial charge is 0.411 e. The average Bonchev–Trinajstić information content (AvgIpc) is 2.79. The molecule has 180 valence electrons. The number of carbonyl (C=O) groups is 1. The fourth-order valence-corrected chi connectivity index (χ4v) is 2.88. The van der Waals surface area contributed by atoms with Gasteiger partial charge in [-0.15, -0.1) is 0 Å². The van der Waals surface area contributed by atoms with Gasteiger partial charge in [-0.2, -0.15) is 4.98 Å². The molecule has 0 bridgehead atoms. The van der Waals surface area contributed by atoms with E-state index < -0.39 is 17.5 Å². The van der Waals surface area contributed by atoms with Crippen LogP contribution in [-0.4, -0.2) is 35.9 Å². The van der Waals surface area contributed by atoms with E-state index in [4.69, 9.17) is 14.2 Å². The molecule has 3 rings (SSSR count). The first kappa shape index (κ1) is 24.6. The lowest BCUT2D eigenvalue weighted by molar-refractivity contribution is 0.0552. The van der Waals surface area contributed by atoms with Gasteiger partial charge in [0.2, 0.25) is 5.95 Å². The summed E-state index contributed by atoms with van der Waals surface area (Å²) in [6.07, 6.45) is 8.26. The quantitative estimate of drug-likeness (QED) is 0.518. The molecule has 0 saturated carbocycles. The van der Waals surface area contributed by atoms with Crippen LogP contribution in [-0.2, 0) is 4.74 Å². The lowest BCUT2D eigenvalue weighted by atomic mass is 10.1. The Hall–Kier alpha value is -4.08. The molecule has 1 aliphatic carbocycles. The number of amides is 1. The molecule has 0 radical (unpaired) electrons. The van der Waals surface area contributed by atoms with Crippen molar-refractivity contribution < 1.29 is 23.4 Å². The minimum Gasteiger partial charge on any atom is -0.497 e. The minimum absolute atomic E-state index is 0.00431. The lowest BCUT2D eigenvalue weighted by Gasteiger charge is -2.19. The molecular weight excluding hydrogens is 441 g/mol. The van der Waals surface area contributed by atoms with E-state index in [0.717, 1.165) is 17.5 Å². The minimum atomic E-state index is -0.612. The molecule has 10 heteroatoms. The average molecular weight is 470 g/mol. The van der Waals surface area contributed by atoms with Gasteiger partial charge in [0, 0.05) is 35.8 Å². The van der Waals surface area contributed by atoms with Crippen molar-refractivity contribution in [1.29, 1.82) is 0 Å². The third kappa shape index (κ3) is 7.22. The van der Waals surface area contributed by atoms with Crippen molar-refractivity contribution >= 4 is 23.5 Å². The number of allylic oxidation sites excluding steroid dienone is 4. The van der Waals surface area contributed by atoms with Crippen molar-refractivity contribution in [2.45, 2.75) is 32.8 Å². The molecule has 0 unspecified atom stereocenters. The van der Waals surface area contributed by atoms with E-state index in [9.17, 15) is 9.18 Å². The van der Waals surface area contributed by atoms with E-state index in [2.05, 4.69) is 25.9 Å². The number of ether oxygens (including phenoxy) is 3. The number of alkyl carbamates (subject to hydrolysis) is 1. The maximum atomic E-state index is 14.3. The summed E-state index contributed by atoms with van der Waals surface area (Å²) in [6.45, 7) is 5.40. The Morgan fingerprint density at radius 3 is 2.38 bits per heavy atom. The summed E-state index contributed by atoms with van der Waals surface area (Å²) in [4.78, 5) is 20.0. The third-order valence-corrected chi connectivity index (χ3v) is 4.42. The summed E-state index contributed by atoms with van der Waals surface area (Å²) in [5, 5.41) is 8.59. The van der Waals surface area contributed by atoms with Gasteiger partial charge >= 0.3 is 6.09 Å². The van der Waals surface area contributed by atoms with Gasteiger partial charge in [0.05, 0.1) is 20.4 Å². The maximum Gasteiger partial charge on any atom is 0.411 e. The van der Waals surface area contributed by atoms with E-state index in [1.165, 1.54) is 14.2 Å². The molecule has 3 N–H and O–H groups in total. The fourth-order valence-electron chi connectivity index (χ4n) is 2.88. The van der Waals surface area contributed by atoms with Gasteiger partial charge in [-0.05, 0) is 38.8 Å². The summed E-state index contributed by atoms with van der Waals surface area (Å²) in [5.41, 5.74) is 1.59. The molecule has 9 nitrogen and oxygen atoms in total. The van der Waals surface area contributed by atoms with E-state index in [1.807, 2.05) is 12.2 Å². The van der Waals surface area contributed by atoms with Crippen LogP contribution in [0, 0.1) is 5.82 Å². The van der Waals surface area contributed by atoms with Crippen LogP contribution >= 0.6 is 0 Å². The number of carbonyl (C=O) groups excluding carboxylic acids is 1. The predicted molar refractivity (Wildman–Crippen MR) is 128 cm³/mol. The second-order valence-electron chi connectivity index (χ2n) is 8.30. The van der Waals surface area contributed by atoms with Crippen molar-refractivity contribution in [3.05, 3.63) is 65.9 Å². The maximum absolute atomic E-state index is 14.3. The summed E-state index contributed by atoms with van der Waals surface area (Å²) in [5.74, 6) is 0.706. The number of anilines is 3. The van der Waals surface area contributed by atoms with Crippen LogP contribution in [0.4, 0.5) is 26.6 Å². The molecule has 0 spiro atoms. The summed E-state index contributed by atoms with van der Waals surface area (Å²) in [6, 6.07) is 5.10. The van der Waals surface area contributed by atoms with Crippen LogP contribution in [0.25, 0.3) is 0 Å². The number of hydrogen-bond donors (Lipinski definition) is 3. The van der Waals surface area contributed by atoms with Crippen LogP contribution in [0.15, 0.2) is 60.1 Å². The molecule has 0 fully saturated rings. The zero-order valence-corrected chi connectivity index (χ0v) is 19.7. The van der Waals surface area contributed by atoms with E-state index in [-0.39, 0.29) is 11.8 Å². The molecule has 0 atom stereocenters. The number of nitrogens with zero attached hydrogens (tertiary/aromatic N) is 2. The number of aromatic nitrogens is 2. The Morgan fingerprint density at radius 1 is 1.09 bits per heavy atom. The molecule has 1 aliphatic rings. The Kier molecular flexibility index (Phi) is 7.72. The van der Waals surface area contributed by atoms with Gasteiger partial charge < -0.3 is 24.8 Å². The fraction of sp³-hybridized carbons (Fsp3) is 0.292. The highest BCUT2D eigenvalue weighted by Crippen LogP contribution is 2.28. The molecule has 1 heterocycles. The highest BCUT2D eigenvalue weighted by molar-refractivity contribution is 5.69. The van der Waals surface area contributed by atoms with E-state index in [1.54, 1.807) is 51.2 Å². The Labute approximate surface area is 197 Å². The van der Waals surface area contributed by atoms with Gasteiger partial charge in [-0.25, -0.2) is 14.2 Å². The first-order chi connectivity index (χ1) is 16.1. The monoisotopic (exact) mass is 469 g/mol. The SMILES string of the molecule is COc1cc(Nc2nc(NC3=CCC(=CNC(=O)OC(C)(C)C)C=C3)ncc2F)cc(OC)c1. The number of halogens is 1. The lowest BCUT2D eigenvalue weighted by Crippen LogP contribution is -2.29. The van der Waals surface area contributed by atoms with Gasteiger partial charge in [-0.3, -0.25) is 5.32 Å². The van der Waals surface area contributed by atoms with Crippen LogP contribution in [0.2, 0.25) is 0 Å². The normalized spacial score (nSPS) is 14.3. The summed E-state index contributed by atoms with van der Waals surface area (Å²) >= 11 is 0. The molecule has 2 aromatic rings. The molecule has 34 heavy (non-hydrogen) atoms. The third-order valence-electron chi connectivity index (χ3n) is 4.42. The Morgan fingerprint density at radius 2 is 1.79 bits per heavy atom. The highest BCUT2D eigenvalue weighted by atomic mass is 19.1. The number of nitrogens with one attached hydrogen (secondary N) is 3. The molecule has 1 aromatic carbocycles. The molecule has 1 amide bonds. The first-order valence-electron chi connectivity index (χ1n) is 10.5. The number of hydrogen-bond acceptors (Lipinski definition) is 8. The molecule has 1 aromatic heterocycles. The zero-order valence-electron chi connectivity index (χ0n) is 19.7. The molecule has 0 aliphatic heterocycles. The van der Waals surface area contributed by atoms with Crippen molar-refractivity contribution in [3.63, 3.8) is 0 Å².